The van der Waals surface area contributed by atoms with Crippen LogP contribution in [-0.2, 0) is 24.0 Å². The number of hydrogen-bond donors (Lipinski definition) is 5. The molecule has 0 spiro atoms. The van der Waals surface area contributed by atoms with Gasteiger partial charge in [-0.05, 0) is 37.7 Å². The van der Waals surface area contributed by atoms with Gasteiger partial charge in [0.1, 0.15) is 12.1 Å². The Labute approximate surface area is 172 Å². The van der Waals surface area contributed by atoms with Gasteiger partial charge in [-0.15, -0.1) is 0 Å². The fourth-order valence-electron chi connectivity index (χ4n) is 2.90. The number of rotatable bonds is 12. The van der Waals surface area contributed by atoms with Crippen molar-refractivity contribution in [2.24, 2.45) is 5.73 Å². The number of nitrogens with two attached hydrogens (primary N) is 1. The highest BCUT2D eigenvalue weighted by Gasteiger charge is 2.34. The quantitative estimate of drug-likeness (QED) is 0.248. The average Bonchev–Trinajstić information content (AvgIpc) is 3.17. The first-order chi connectivity index (χ1) is 13.7. The second kappa shape index (κ2) is 12.3. The summed E-state index contributed by atoms with van der Waals surface area (Å²) in [5.74, 6) is -3.34. The van der Waals surface area contributed by atoms with Crippen LogP contribution in [0.25, 0.3) is 0 Å². The van der Waals surface area contributed by atoms with E-state index in [2.05, 4.69) is 10.6 Å². The Morgan fingerprint density at radius 3 is 2.45 bits per heavy atom. The molecule has 1 rings (SSSR count). The first-order valence-corrected chi connectivity index (χ1v) is 10.6. The van der Waals surface area contributed by atoms with E-state index in [9.17, 15) is 24.0 Å². The van der Waals surface area contributed by atoms with Crippen LogP contribution < -0.4 is 16.4 Å². The van der Waals surface area contributed by atoms with E-state index in [1.807, 2.05) is 6.26 Å². The molecule has 0 saturated carbocycles. The standard InChI is InChI=1S/C17H28N4O7S/c1-29-8-6-11(20-15(25)10(18)4-5-14(23)24)16(26)19-9-13(22)21-7-2-3-12(21)17(27)28/h10-12H,2-9,18H2,1H3,(H,19,26)(H,20,25)(H,23,24)(H,27,28). The van der Waals surface area contributed by atoms with Crippen LogP contribution >= 0.6 is 11.8 Å². The lowest BCUT2D eigenvalue weighted by atomic mass is 10.1. The van der Waals surface area contributed by atoms with Gasteiger partial charge in [0.15, 0.2) is 0 Å². The van der Waals surface area contributed by atoms with Crippen LogP contribution in [0.1, 0.15) is 32.1 Å². The zero-order chi connectivity index (χ0) is 22.0. The molecule has 0 aromatic rings. The van der Waals surface area contributed by atoms with Crippen molar-refractivity contribution >= 4 is 41.4 Å². The number of nitrogens with zero attached hydrogens (tertiary/aromatic N) is 1. The van der Waals surface area contributed by atoms with Crippen LogP contribution in [0.3, 0.4) is 0 Å². The monoisotopic (exact) mass is 432 g/mol. The molecule has 164 valence electrons. The number of nitrogens with one attached hydrogen (secondary N) is 2. The second-order valence-electron chi connectivity index (χ2n) is 6.68. The van der Waals surface area contributed by atoms with Gasteiger partial charge >= 0.3 is 11.9 Å². The molecule has 3 amide bonds. The van der Waals surface area contributed by atoms with Gasteiger partial charge in [0.25, 0.3) is 0 Å². The van der Waals surface area contributed by atoms with E-state index in [0.717, 1.165) is 0 Å². The molecule has 0 aliphatic carbocycles. The summed E-state index contributed by atoms with van der Waals surface area (Å²) in [6, 6.07) is -2.90. The van der Waals surface area contributed by atoms with Crippen molar-refractivity contribution in [3.8, 4) is 0 Å². The summed E-state index contributed by atoms with van der Waals surface area (Å²) >= 11 is 1.46. The predicted molar refractivity (Wildman–Crippen MR) is 105 cm³/mol. The van der Waals surface area contributed by atoms with E-state index in [-0.39, 0.29) is 19.4 Å². The number of likely N-dealkylation sites (tertiary alicyclic amines) is 1. The molecule has 0 bridgehead atoms. The molecule has 11 nitrogen and oxygen atoms in total. The SMILES string of the molecule is CSCCC(NC(=O)C(N)CCC(=O)O)C(=O)NCC(=O)N1CCCC1C(=O)O. The van der Waals surface area contributed by atoms with Crippen LogP contribution in [0.15, 0.2) is 0 Å². The fourth-order valence-corrected chi connectivity index (χ4v) is 3.37. The van der Waals surface area contributed by atoms with Crippen molar-refractivity contribution in [2.75, 3.05) is 25.1 Å². The molecule has 6 N–H and O–H groups in total. The highest BCUT2D eigenvalue weighted by Crippen LogP contribution is 2.17. The molecule has 1 heterocycles. The Morgan fingerprint density at radius 2 is 1.86 bits per heavy atom. The topological polar surface area (TPSA) is 179 Å². The van der Waals surface area contributed by atoms with Gasteiger partial charge in [-0.1, -0.05) is 0 Å². The first kappa shape index (κ1) is 24.7. The molecule has 0 aromatic carbocycles. The maximum Gasteiger partial charge on any atom is 0.326 e. The molecular formula is C17H28N4O7S. The molecular weight excluding hydrogens is 404 g/mol. The van der Waals surface area contributed by atoms with Crippen LogP contribution in [0.5, 0.6) is 0 Å². The number of hydrogen-bond acceptors (Lipinski definition) is 7. The zero-order valence-corrected chi connectivity index (χ0v) is 17.1. The number of aliphatic carboxylic acids is 2. The van der Waals surface area contributed by atoms with E-state index < -0.39 is 47.8 Å². The third kappa shape index (κ3) is 8.28. The zero-order valence-electron chi connectivity index (χ0n) is 16.3. The normalized spacial score (nSPS) is 18.0. The molecule has 0 aromatic heterocycles. The average molecular weight is 432 g/mol. The molecule has 1 aliphatic heterocycles. The van der Waals surface area contributed by atoms with Crippen LogP contribution in [0.2, 0.25) is 0 Å². The minimum Gasteiger partial charge on any atom is -0.481 e. The lowest BCUT2D eigenvalue weighted by Gasteiger charge is -2.23. The third-order valence-corrected chi connectivity index (χ3v) is 5.17. The van der Waals surface area contributed by atoms with Crippen molar-refractivity contribution in [3.63, 3.8) is 0 Å². The van der Waals surface area contributed by atoms with Crippen LogP contribution in [0.4, 0.5) is 0 Å². The van der Waals surface area contributed by atoms with E-state index in [4.69, 9.17) is 15.9 Å². The summed E-state index contributed by atoms with van der Waals surface area (Å²) in [5, 5.41) is 22.7. The minimum absolute atomic E-state index is 0.0674. The van der Waals surface area contributed by atoms with Gasteiger partial charge in [0.05, 0.1) is 12.6 Å². The summed E-state index contributed by atoms with van der Waals surface area (Å²) in [6.07, 6.45) is 2.73. The summed E-state index contributed by atoms with van der Waals surface area (Å²) < 4.78 is 0. The highest BCUT2D eigenvalue weighted by atomic mass is 32.2. The Hall–Kier alpha value is -2.34. The van der Waals surface area contributed by atoms with E-state index in [1.165, 1.54) is 16.7 Å². The highest BCUT2D eigenvalue weighted by molar-refractivity contribution is 7.98. The van der Waals surface area contributed by atoms with Crippen molar-refractivity contribution < 1.29 is 34.2 Å². The van der Waals surface area contributed by atoms with Gasteiger partial charge < -0.3 is 31.5 Å². The molecule has 29 heavy (non-hydrogen) atoms. The Balaban J connectivity index is 2.61. The van der Waals surface area contributed by atoms with E-state index >= 15 is 0 Å². The summed E-state index contributed by atoms with van der Waals surface area (Å²) in [5.41, 5.74) is 5.66. The summed E-state index contributed by atoms with van der Waals surface area (Å²) in [6.45, 7) is -0.0595. The Bertz CT molecular complexity index is 631. The van der Waals surface area contributed by atoms with Gasteiger partial charge in [0.2, 0.25) is 17.7 Å². The number of carboxylic acids is 2. The third-order valence-electron chi connectivity index (χ3n) is 4.52. The minimum atomic E-state index is -1.08. The number of amides is 3. The number of thioether (sulfide) groups is 1. The summed E-state index contributed by atoms with van der Waals surface area (Å²) in [4.78, 5) is 59.9. The van der Waals surface area contributed by atoms with Crippen molar-refractivity contribution in [1.29, 1.82) is 0 Å². The maximum atomic E-state index is 12.5. The Morgan fingerprint density at radius 1 is 1.17 bits per heavy atom. The number of carboxylic acid groups (broad SMARTS) is 2. The smallest absolute Gasteiger partial charge is 0.326 e. The molecule has 1 saturated heterocycles. The van der Waals surface area contributed by atoms with Gasteiger partial charge in [0, 0.05) is 13.0 Å². The van der Waals surface area contributed by atoms with E-state index in [1.54, 1.807) is 0 Å². The lowest BCUT2D eigenvalue weighted by Crippen LogP contribution is -2.53. The molecule has 12 heteroatoms. The van der Waals surface area contributed by atoms with Gasteiger partial charge in [-0.2, -0.15) is 11.8 Å². The largest absolute Gasteiger partial charge is 0.481 e. The van der Waals surface area contributed by atoms with Crippen LogP contribution in [-0.4, -0.2) is 88.0 Å². The second-order valence-corrected chi connectivity index (χ2v) is 7.67. The lowest BCUT2D eigenvalue weighted by molar-refractivity contribution is -0.148. The number of carbonyl (C=O) groups excluding carboxylic acids is 3. The summed E-state index contributed by atoms with van der Waals surface area (Å²) in [7, 11) is 0. The molecule has 3 unspecified atom stereocenters. The molecule has 0 radical (unpaired) electrons. The maximum absolute atomic E-state index is 12.5. The molecule has 1 aliphatic rings. The molecule has 3 atom stereocenters. The van der Waals surface area contributed by atoms with Crippen molar-refractivity contribution in [3.05, 3.63) is 0 Å². The van der Waals surface area contributed by atoms with Crippen molar-refractivity contribution in [2.45, 2.75) is 50.2 Å². The van der Waals surface area contributed by atoms with Gasteiger partial charge in [-0.25, -0.2) is 4.79 Å². The molecule has 1 fully saturated rings. The predicted octanol–water partition coefficient (Wildman–Crippen LogP) is -1.39. The van der Waals surface area contributed by atoms with Gasteiger partial charge in [-0.3, -0.25) is 19.2 Å². The Kier molecular flexibility index (Phi) is 10.5. The van der Waals surface area contributed by atoms with Crippen molar-refractivity contribution in [1.82, 2.24) is 15.5 Å². The fraction of sp³-hybridized carbons (Fsp3) is 0.706. The van der Waals surface area contributed by atoms with Crippen LogP contribution in [0, 0.1) is 0 Å². The van der Waals surface area contributed by atoms with E-state index in [0.29, 0.717) is 31.6 Å². The first-order valence-electron chi connectivity index (χ1n) is 9.24. The number of carbonyl (C=O) groups is 5.